The van der Waals surface area contributed by atoms with Crippen LogP contribution in [0.2, 0.25) is 5.02 Å². The fourth-order valence-corrected chi connectivity index (χ4v) is 2.82. The van der Waals surface area contributed by atoms with Crippen LogP contribution in [0, 0.1) is 0 Å². The van der Waals surface area contributed by atoms with Crippen LogP contribution in [0.4, 0.5) is 5.69 Å². The van der Waals surface area contributed by atoms with Crippen molar-refractivity contribution >= 4 is 39.9 Å². The number of benzene rings is 2. The number of Topliss-reactive ketones (excluding diaryl/α,β-unsaturated/α-hetero) is 1. The van der Waals surface area contributed by atoms with Gasteiger partial charge in [-0.15, -0.1) is 0 Å². The first kappa shape index (κ1) is 17.2. The molecule has 0 fully saturated rings. The minimum absolute atomic E-state index is 0.0314. The normalized spacial score (nSPS) is 11.5. The quantitative estimate of drug-likeness (QED) is 0.517. The van der Waals surface area contributed by atoms with Gasteiger partial charge in [0.25, 0.3) is 11.7 Å². The molecule has 0 aliphatic heterocycles. The zero-order valence-corrected chi connectivity index (χ0v) is 15.1. The van der Waals surface area contributed by atoms with E-state index in [1.54, 1.807) is 30.3 Å². The van der Waals surface area contributed by atoms with Crippen LogP contribution in [-0.4, -0.2) is 16.7 Å². The first-order chi connectivity index (χ1) is 11.8. The van der Waals surface area contributed by atoms with Crippen molar-refractivity contribution in [1.82, 2.24) is 4.98 Å². The van der Waals surface area contributed by atoms with Gasteiger partial charge >= 0.3 is 0 Å². The van der Waals surface area contributed by atoms with Crippen molar-refractivity contribution < 1.29 is 9.59 Å². The molecule has 0 aliphatic rings. The van der Waals surface area contributed by atoms with Crippen molar-refractivity contribution in [3.63, 3.8) is 0 Å². The Kier molecular flexibility index (Phi) is 4.39. The molecule has 0 saturated carbocycles. The minimum atomic E-state index is -0.667. The Morgan fingerprint density at radius 2 is 1.72 bits per heavy atom. The Balaban J connectivity index is 1.79. The van der Waals surface area contributed by atoms with Gasteiger partial charge in [-0.3, -0.25) is 9.59 Å². The zero-order chi connectivity index (χ0) is 18.2. The van der Waals surface area contributed by atoms with Crippen LogP contribution in [0.3, 0.4) is 0 Å². The van der Waals surface area contributed by atoms with Crippen molar-refractivity contribution in [3.05, 3.63) is 64.8 Å². The van der Waals surface area contributed by atoms with E-state index in [1.165, 1.54) is 6.20 Å². The van der Waals surface area contributed by atoms with E-state index in [0.717, 1.165) is 11.1 Å². The third kappa shape index (κ3) is 3.59. The first-order valence-electron chi connectivity index (χ1n) is 7.98. The third-order valence-corrected chi connectivity index (χ3v) is 4.34. The van der Waals surface area contributed by atoms with Crippen LogP contribution in [0.25, 0.3) is 10.9 Å². The van der Waals surface area contributed by atoms with Crippen molar-refractivity contribution in [1.29, 1.82) is 0 Å². The lowest BCUT2D eigenvalue weighted by molar-refractivity contribution is -0.112. The van der Waals surface area contributed by atoms with Gasteiger partial charge in [0.1, 0.15) is 0 Å². The second-order valence-electron chi connectivity index (χ2n) is 7.00. The number of hydrogen-bond donors (Lipinski definition) is 2. The van der Waals surface area contributed by atoms with Crippen LogP contribution >= 0.6 is 11.6 Å². The smallest absolute Gasteiger partial charge is 0.296 e. The number of rotatable bonds is 3. The Bertz CT molecular complexity index is 950. The fraction of sp³-hybridized carbons (Fsp3) is 0.200. The van der Waals surface area contributed by atoms with Gasteiger partial charge in [0, 0.05) is 27.8 Å². The van der Waals surface area contributed by atoms with Crippen molar-refractivity contribution in [2.75, 3.05) is 5.32 Å². The van der Waals surface area contributed by atoms with Crippen LogP contribution in [0.15, 0.2) is 48.7 Å². The molecule has 25 heavy (non-hydrogen) atoms. The topological polar surface area (TPSA) is 62.0 Å². The highest BCUT2D eigenvalue weighted by atomic mass is 35.5. The molecular weight excluding hydrogens is 336 g/mol. The molecule has 0 saturated heterocycles. The van der Waals surface area contributed by atoms with Crippen molar-refractivity contribution in [2.24, 2.45) is 0 Å². The SMILES string of the molecule is CC(C)(C)c1ccc(NC(=O)C(=O)c2c[nH]c3cc(Cl)ccc23)cc1. The molecule has 1 aromatic heterocycles. The summed E-state index contributed by atoms with van der Waals surface area (Å²) in [7, 11) is 0. The number of anilines is 1. The van der Waals surface area contributed by atoms with Gasteiger partial charge in [-0.1, -0.05) is 50.6 Å². The summed E-state index contributed by atoms with van der Waals surface area (Å²) in [6.45, 7) is 6.36. The number of carbonyl (C=O) groups is 2. The summed E-state index contributed by atoms with van der Waals surface area (Å²) < 4.78 is 0. The highest BCUT2D eigenvalue weighted by Crippen LogP contribution is 2.25. The number of H-pyrrole nitrogens is 1. The van der Waals surface area contributed by atoms with Crippen molar-refractivity contribution in [2.45, 2.75) is 26.2 Å². The molecule has 5 heteroatoms. The Labute approximate surface area is 151 Å². The lowest BCUT2D eigenvalue weighted by atomic mass is 9.87. The largest absolute Gasteiger partial charge is 0.360 e. The van der Waals surface area contributed by atoms with E-state index in [4.69, 9.17) is 11.6 Å². The molecule has 0 atom stereocenters. The molecule has 0 bridgehead atoms. The lowest BCUT2D eigenvalue weighted by Crippen LogP contribution is -2.22. The molecule has 1 heterocycles. The second kappa shape index (κ2) is 6.37. The standard InChI is InChI=1S/C20H19ClN2O2/c1-20(2,3)12-4-7-14(8-5-12)23-19(25)18(24)16-11-22-17-10-13(21)6-9-15(16)17/h4-11,22H,1-3H3,(H,23,25). The van der Waals surface area contributed by atoms with E-state index in [0.29, 0.717) is 21.7 Å². The maximum atomic E-state index is 12.5. The summed E-state index contributed by atoms with van der Waals surface area (Å²) in [6.07, 6.45) is 1.53. The number of carbonyl (C=O) groups excluding carboxylic acids is 2. The van der Waals surface area contributed by atoms with Crippen LogP contribution in [0.5, 0.6) is 0 Å². The minimum Gasteiger partial charge on any atom is -0.360 e. The first-order valence-corrected chi connectivity index (χ1v) is 8.36. The van der Waals surface area contributed by atoms with Gasteiger partial charge in [0.05, 0.1) is 5.56 Å². The molecule has 4 nitrogen and oxygen atoms in total. The number of nitrogens with one attached hydrogen (secondary N) is 2. The van der Waals surface area contributed by atoms with E-state index in [2.05, 4.69) is 31.1 Å². The maximum Gasteiger partial charge on any atom is 0.296 e. The average molecular weight is 355 g/mol. The van der Waals surface area contributed by atoms with E-state index in [9.17, 15) is 9.59 Å². The average Bonchev–Trinajstić information content (AvgIpc) is 2.96. The summed E-state index contributed by atoms with van der Waals surface area (Å²) in [4.78, 5) is 27.7. The molecule has 2 N–H and O–H groups in total. The van der Waals surface area contributed by atoms with Crippen LogP contribution in [-0.2, 0) is 10.2 Å². The third-order valence-electron chi connectivity index (χ3n) is 4.10. The highest BCUT2D eigenvalue weighted by Gasteiger charge is 2.20. The molecule has 0 radical (unpaired) electrons. The molecule has 2 aromatic carbocycles. The Morgan fingerprint density at radius 1 is 1.04 bits per heavy atom. The van der Waals surface area contributed by atoms with Crippen molar-refractivity contribution in [3.8, 4) is 0 Å². The maximum absolute atomic E-state index is 12.5. The second-order valence-corrected chi connectivity index (χ2v) is 7.44. The van der Waals surface area contributed by atoms with Gasteiger partial charge in [0.15, 0.2) is 0 Å². The molecule has 128 valence electrons. The molecule has 1 amide bonds. The van der Waals surface area contributed by atoms with Gasteiger partial charge in [-0.25, -0.2) is 0 Å². The number of halogens is 1. The molecule has 0 unspecified atom stereocenters. The zero-order valence-electron chi connectivity index (χ0n) is 14.3. The van der Waals surface area contributed by atoms with Crippen LogP contribution in [0.1, 0.15) is 36.7 Å². The van der Waals surface area contributed by atoms with Gasteiger partial charge in [-0.05, 0) is 35.2 Å². The molecule has 3 rings (SSSR count). The van der Waals surface area contributed by atoms with E-state index in [-0.39, 0.29) is 5.41 Å². The number of hydrogen-bond acceptors (Lipinski definition) is 2. The number of fused-ring (bicyclic) bond motifs is 1. The summed E-state index contributed by atoms with van der Waals surface area (Å²) in [5, 5.41) is 3.90. The van der Waals surface area contributed by atoms with E-state index in [1.807, 2.05) is 12.1 Å². The Hall–Kier alpha value is -2.59. The van der Waals surface area contributed by atoms with Gasteiger partial charge in [-0.2, -0.15) is 0 Å². The molecular formula is C20H19ClN2O2. The number of aromatic amines is 1. The summed E-state index contributed by atoms with van der Waals surface area (Å²) in [5.41, 5.74) is 2.83. The van der Waals surface area contributed by atoms with Gasteiger partial charge in [0.2, 0.25) is 0 Å². The predicted octanol–water partition coefficient (Wildman–Crippen LogP) is 4.94. The summed E-state index contributed by atoms with van der Waals surface area (Å²) in [5.74, 6) is -1.26. The lowest BCUT2D eigenvalue weighted by Gasteiger charge is -2.19. The number of aromatic nitrogens is 1. The number of ketones is 1. The molecule has 0 spiro atoms. The van der Waals surface area contributed by atoms with E-state index < -0.39 is 11.7 Å². The van der Waals surface area contributed by atoms with E-state index >= 15 is 0 Å². The molecule has 0 aliphatic carbocycles. The van der Waals surface area contributed by atoms with Crippen LogP contribution < -0.4 is 5.32 Å². The number of amides is 1. The Morgan fingerprint density at radius 3 is 2.36 bits per heavy atom. The highest BCUT2D eigenvalue weighted by molar-refractivity contribution is 6.48. The molecule has 3 aromatic rings. The van der Waals surface area contributed by atoms with Gasteiger partial charge < -0.3 is 10.3 Å². The summed E-state index contributed by atoms with van der Waals surface area (Å²) >= 11 is 5.94. The predicted molar refractivity (Wildman–Crippen MR) is 101 cm³/mol. The monoisotopic (exact) mass is 354 g/mol. The summed E-state index contributed by atoms with van der Waals surface area (Å²) in [6, 6.07) is 12.7. The fourth-order valence-electron chi connectivity index (χ4n) is 2.65.